The first-order valence-electron chi connectivity index (χ1n) is 10.6. The number of nitrogens with zero attached hydrogens (tertiary/aromatic N) is 3. The number of carbonyl (C=O) groups is 2. The van der Waals surface area contributed by atoms with E-state index >= 15 is 0 Å². The van der Waals surface area contributed by atoms with E-state index in [-0.39, 0.29) is 16.6 Å². The number of carbonyl (C=O) groups excluding carboxylic acids is 1. The van der Waals surface area contributed by atoms with Gasteiger partial charge in [0, 0.05) is 43.9 Å². The second kappa shape index (κ2) is 10.1. The van der Waals surface area contributed by atoms with Crippen molar-refractivity contribution in [3.05, 3.63) is 65.4 Å². The highest BCUT2D eigenvalue weighted by molar-refractivity contribution is 7.19. The van der Waals surface area contributed by atoms with E-state index < -0.39 is 5.97 Å². The van der Waals surface area contributed by atoms with Gasteiger partial charge in [0.1, 0.15) is 15.8 Å². The van der Waals surface area contributed by atoms with Crippen LogP contribution in [0.3, 0.4) is 0 Å². The molecule has 1 aromatic heterocycles. The molecule has 0 bridgehead atoms. The zero-order chi connectivity index (χ0) is 23.4. The van der Waals surface area contributed by atoms with Gasteiger partial charge in [-0.25, -0.2) is 9.78 Å². The molecule has 1 amide bonds. The fourth-order valence-corrected chi connectivity index (χ4v) is 4.57. The molecule has 0 radical (unpaired) electrons. The van der Waals surface area contributed by atoms with Gasteiger partial charge in [0.05, 0.1) is 7.11 Å². The van der Waals surface area contributed by atoms with Gasteiger partial charge in [0.25, 0.3) is 5.91 Å². The number of aromatic nitrogens is 1. The van der Waals surface area contributed by atoms with E-state index in [0.717, 1.165) is 55.2 Å². The second-order valence-electron chi connectivity index (χ2n) is 7.96. The van der Waals surface area contributed by atoms with Gasteiger partial charge in [-0.05, 0) is 49.0 Å². The van der Waals surface area contributed by atoms with E-state index in [1.165, 1.54) is 0 Å². The number of methoxy groups -OCH3 is 1. The maximum absolute atomic E-state index is 12.8. The summed E-state index contributed by atoms with van der Waals surface area (Å²) in [6.07, 6.45) is 0. The number of hydrogen-bond donors (Lipinski definition) is 2. The fraction of sp³-hybridized carbons (Fsp3) is 0.292. The van der Waals surface area contributed by atoms with Gasteiger partial charge in [-0.1, -0.05) is 23.5 Å². The van der Waals surface area contributed by atoms with Gasteiger partial charge in [0.2, 0.25) is 0 Å². The number of carboxylic acids is 1. The molecule has 0 aliphatic carbocycles. The Labute approximate surface area is 196 Å². The van der Waals surface area contributed by atoms with Crippen molar-refractivity contribution in [1.29, 1.82) is 0 Å². The lowest BCUT2D eigenvalue weighted by Crippen LogP contribution is -2.43. The van der Waals surface area contributed by atoms with E-state index in [1.54, 1.807) is 43.5 Å². The number of thiazole rings is 1. The third-order valence-corrected chi connectivity index (χ3v) is 6.63. The van der Waals surface area contributed by atoms with Gasteiger partial charge < -0.3 is 20.1 Å². The first-order chi connectivity index (χ1) is 15.9. The molecule has 2 aromatic carbocycles. The molecular weight excluding hydrogens is 440 g/mol. The molecule has 1 aliphatic heterocycles. The Kier molecular flexibility index (Phi) is 7.02. The predicted octanol–water partition coefficient (Wildman–Crippen LogP) is 3.52. The highest BCUT2D eigenvalue weighted by Crippen LogP contribution is 2.33. The summed E-state index contributed by atoms with van der Waals surface area (Å²) in [5, 5.41) is 13.0. The molecule has 1 saturated heterocycles. The SMILES string of the molecule is COc1ccc(-c2nc(C(=O)O)c(NC(=O)c3ccc(CN4CCN(C)CC4)cc3)s2)cc1. The molecule has 1 fully saturated rings. The number of benzene rings is 2. The molecule has 2 heterocycles. The van der Waals surface area contributed by atoms with E-state index in [9.17, 15) is 14.7 Å². The number of ether oxygens (including phenoxy) is 1. The summed E-state index contributed by atoms with van der Waals surface area (Å²) < 4.78 is 5.16. The Hall–Kier alpha value is -3.27. The van der Waals surface area contributed by atoms with Crippen molar-refractivity contribution in [3.63, 3.8) is 0 Å². The smallest absolute Gasteiger partial charge is 0.357 e. The largest absolute Gasteiger partial charge is 0.497 e. The van der Waals surface area contributed by atoms with Crippen LogP contribution in [0.1, 0.15) is 26.4 Å². The number of hydrogen-bond acceptors (Lipinski definition) is 7. The summed E-state index contributed by atoms with van der Waals surface area (Å²) in [7, 11) is 3.71. The van der Waals surface area contributed by atoms with Crippen LogP contribution in [0.15, 0.2) is 48.5 Å². The standard InChI is InChI=1S/C24H26N4O4S/c1-27-11-13-28(14-12-27)15-16-3-5-17(6-4-16)21(29)26-23-20(24(30)31)25-22(33-23)18-7-9-19(32-2)10-8-18/h3-10H,11-15H2,1-2H3,(H,26,29)(H,30,31). The first-order valence-corrected chi connectivity index (χ1v) is 11.4. The summed E-state index contributed by atoms with van der Waals surface area (Å²) in [5.74, 6) is -0.865. The molecule has 33 heavy (non-hydrogen) atoms. The number of carboxylic acid groups (broad SMARTS) is 1. The van der Waals surface area contributed by atoms with E-state index in [4.69, 9.17) is 4.74 Å². The predicted molar refractivity (Wildman–Crippen MR) is 128 cm³/mol. The number of likely N-dealkylation sites (N-methyl/N-ethyl adjacent to an activating group) is 1. The molecule has 2 N–H and O–H groups in total. The van der Waals surface area contributed by atoms with Crippen LogP contribution in [0, 0.1) is 0 Å². The average molecular weight is 467 g/mol. The molecule has 0 unspecified atom stereocenters. The van der Waals surface area contributed by atoms with Crippen LogP contribution in [-0.2, 0) is 6.54 Å². The van der Waals surface area contributed by atoms with Crippen molar-refractivity contribution in [2.24, 2.45) is 0 Å². The fourth-order valence-electron chi connectivity index (χ4n) is 3.61. The molecule has 0 saturated carbocycles. The van der Waals surface area contributed by atoms with Crippen LogP contribution in [0.2, 0.25) is 0 Å². The van der Waals surface area contributed by atoms with Crippen LogP contribution in [0.25, 0.3) is 10.6 Å². The molecule has 0 spiro atoms. The minimum Gasteiger partial charge on any atom is -0.497 e. The van der Waals surface area contributed by atoms with Gasteiger partial charge in [-0.15, -0.1) is 0 Å². The first kappa shape index (κ1) is 22.9. The topological polar surface area (TPSA) is 95.0 Å². The van der Waals surface area contributed by atoms with Crippen molar-refractivity contribution in [3.8, 4) is 16.3 Å². The maximum atomic E-state index is 12.8. The molecule has 172 valence electrons. The number of nitrogens with one attached hydrogen (secondary N) is 1. The molecule has 1 aliphatic rings. The van der Waals surface area contributed by atoms with Crippen LogP contribution in [0.5, 0.6) is 5.75 Å². The van der Waals surface area contributed by atoms with Crippen LogP contribution < -0.4 is 10.1 Å². The van der Waals surface area contributed by atoms with Crippen molar-refractivity contribution in [2.45, 2.75) is 6.54 Å². The quantitative estimate of drug-likeness (QED) is 0.550. The molecule has 4 rings (SSSR count). The highest BCUT2D eigenvalue weighted by atomic mass is 32.1. The number of amides is 1. The van der Waals surface area contributed by atoms with E-state index in [1.807, 2.05) is 12.1 Å². The second-order valence-corrected chi connectivity index (χ2v) is 8.96. The summed E-state index contributed by atoms with van der Waals surface area (Å²) in [5.41, 5.74) is 2.18. The molecule has 8 nitrogen and oxygen atoms in total. The molecule has 3 aromatic rings. The van der Waals surface area contributed by atoms with Gasteiger partial charge in [-0.2, -0.15) is 0 Å². The number of piperazine rings is 1. The summed E-state index contributed by atoms with van der Waals surface area (Å²) in [4.78, 5) is 33.4. The number of anilines is 1. The highest BCUT2D eigenvalue weighted by Gasteiger charge is 2.21. The number of rotatable bonds is 7. The van der Waals surface area contributed by atoms with Crippen molar-refractivity contribution < 1.29 is 19.4 Å². The molecular formula is C24H26N4O4S. The Balaban J connectivity index is 1.46. The Morgan fingerprint density at radius 2 is 1.73 bits per heavy atom. The van der Waals surface area contributed by atoms with E-state index in [0.29, 0.717) is 16.3 Å². The lowest BCUT2D eigenvalue weighted by Gasteiger charge is -2.32. The van der Waals surface area contributed by atoms with E-state index in [2.05, 4.69) is 27.1 Å². The summed E-state index contributed by atoms with van der Waals surface area (Å²) in [6, 6.07) is 14.6. The van der Waals surface area contributed by atoms with Gasteiger partial charge in [0.15, 0.2) is 5.69 Å². The lowest BCUT2D eigenvalue weighted by atomic mass is 10.1. The zero-order valence-electron chi connectivity index (χ0n) is 18.6. The van der Waals surface area contributed by atoms with Crippen LogP contribution >= 0.6 is 11.3 Å². The minimum atomic E-state index is -1.19. The zero-order valence-corrected chi connectivity index (χ0v) is 19.4. The monoisotopic (exact) mass is 466 g/mol. The average Bonchev–Trinajstić information content (AvgIpc) is 3.25. The molecule has 0 atom stereocenters. The Morgan fingerprint density at radius 1 is 1.06 bits per heavy atom. The van der Waals surface area contributed by atoms with Crippen molar-refractivity contribution >= 4 is 28.2 Å². The van der Waals surface area contributed by atoms with Crippen molar-refractivity contribution in [2.75, 3.05) is 45.7 Å². The summed E-state index contributed by atoms with van der Waals surface area (Å²) in [6.45, 7) is 5.01. The van der Waals surface area contributed by atoms with Gasteiger partial charge >= 0.3 is 5.97 Å². The third kappa shape index (κ3) is 5.57. The van der Waals surface area contributed by atoms with Gasteiger partial charge in [-0.3, -0.25) is 9.69 Å². The summed E-state index contributed by atoms with van der Waals surface area (Å²) >= 11 is 1.13. The van der Waals surface area contributed by atoms with Crippen LogP contribution in [-0.4, -0.2) is 72.1 Å². The third-order valence-electron chi connectivity index (χ3n) is 5.61. The normalized spacial score (nSPS) is 14.7. The minimum absolute atomic E-state index is 0.175. The Bertz CT molecular complexity index is 1120. The Morgan fingerprint density at radius 3 is 2.33 bits per heavy atom. The lowest BCUT2D eigenvalue weighted by molar-refractivity contribution is 0.0692. The maximum Gasteiger partial charge on any atom is 0.357 e. The molecule has 9 heteroatoms. The van der Waals surface area contributed by atoms with Crippen LogP contribution in [0.4, 0.5) is 5.00 Å². The van der Waals surface area contributed by atoms with Crippen molar-refractivity contribution in [1.82, 2.24) is 14.8 Å². The number of aromatic carboxylic acids is 1.